The maximum atomic E-state index is 4.45. The summed E-state index contributed by atoms with van der Waals surface area (Å²) in [7, 11) is 1.83. The Morgan fingerprint density at radius 3 is 2.64 bits per heavy atom. The average molecular weight is 493 g/mol. The number of hydrogen-bond acceptors (Lipinski definition) is 5. The number of guanidine groups is 1. The Morgan fingerprint density at radius 1 is 1.18 bits per heavy atom. The molecule has 1 saturated heterocycles. The first-order valence-corrected chi connectivity index (χ1v) is 9.09. The standard InChI is InChI=1S/C18H23N9.HI/c1-19-18(27-7-5-14(6-8-27)16-21-11-23-25-16)20-10-13-3-2-4-15(9-13)17-22-12-24-26-17;/h2-4,9,11-12,14H,5-8,10H2,1H3,(H,19,20)(H,21,23,25)(H,22,24,26);1H. The summed E-state index contributed by atoms with van der Waals surface area (Å²) in [5.41, 5.74) is 2.19. The van der Waals surface area contributed by atoms with Crippen molar-refractivity contribution >= 4 is 29.9 Å². The van der Waals surface area contributed by atoms with Gasteiger partial charge in [0, 0.05) is 38.2 Å². The van der Waals surface area contributed by atoms with E-state index in [9.17, 15) is 0 Å². The number of likely N-dealkylation sites (tertiary alicyclic amines) is 1. The molecule has 148 valence electrons. The van der Waals surface area contributed by atoms with E-state index in [0.29, 0.717) is 12.5 Å². The number of halogens is 1. The van der Waals surface area contributed by atoms with Crippen LogP contribution in [0.4, 0.5) is 0 Å². The fourth-order valence-corrected chi connectivity index (χ4v) is 3.46. The molecule has 4 rings (SSSR count). The topological polar surface area (TPSA) is 111 Å². The second-order valence-electron chi connectivity index (χ2n) is 6.57. The first kappa shape index (κ1) is 20.2. The zero-order chi connectivity index (χ0) is 18.5. The molecule has 3 heterocycles. The maximum Gasteiger partial charge on any atom is 0.193 e. The van der Waals surface area contributed by atoms with Gasteiger partial charge in [-0.2, -0.15) is 10.2 Å². The summed E-state index contributed by atoms with van der Waals surface area (Å²) in [5.74, 6) is 3.13. The van der Waals surface area contributed by atoms with Crippen LogP contribution in [-0.4, -0.2) is 61.4 Å². The minimum atomic E-state index is 0. The minimum Gasteiger partial charge on any atom is -0.352 e. The van der Waals surface area contributed by atoms with Gasteiger partial charge in [-0.25, -0.2) is 9.97 Å². The molecular formula is C18H24IN9. The molecule has 1 aliphatic rings. The number of benzene rings is 1. The van der Waals surface area contributed by atoms with Crippen molar-refractivity contribution in [2.75, 3.05) is 20.1 Å². The number of nitrogens with zero attached hydrogens (tertiary/aromatic N) is 6. The van der Waals surface area contributed by atoms with Crippen LogP contribution in [0.3, 0.4) is 0 Å². The van der Waals surface area contributed by atoms with Crippen molar-refractivity contribution in [3.8, 4) is 11.4 Å². The summed E-state index contributed by atoms with van der Waals surface area (Å²) in [6, 6.07) is 8.25. The highest BCUT2D eigenvalue weighted by atomic mass is 127. The lowest BCUT2D eigenvalue weighted by Gasteiger charge is -2.33. The third kappa shape index (κ3) is 4.66. The normalized spacial score (nSPS) is 15.3. The second-order valence-corrected chi connectivity index (χ2v) is 6.57. The van der Waals surface area contributed by atoms with Gasteiger partial charge in [0.05, 0.1) is 0 Å². The van der Waals surface area contributed by atoms with Crippen LogP contribution in [0.5, 0.6) is 0 Å². The monoisotopic (exact) mass is 493 g/mol. The Bertz CT molecular complexity index is 868. The third-order valence-corrected chi connectivity index (χ3v) is 4.89. The van der Waals surface area contributed by atoms with Gasteiger partial charge < -0.3 is 10.2 Å². The van der Waals surface area contributed by atoms with Crippen LogP contribution in [-0.2, 0) is 6.54 Å². The molecule has 2 aromatic heterocycles. The molecule has 0 spiro atoms. The summed E-state index contributed by atoms with van der Waals surface area (Å²) in [6.45, 7) is 2.60. The predicted molar refractivity (Wildman–Crippen MR) is 117 cm³/mol. The number of aromatic amines is 2. The predicted octanol–water partition coefficient (Wildman–Crippen LogP) is 2.16. The molecule has 0 unspecified atom stereocenters. The van der Waals surface area contributed by atoms with E-state index in [-0.39, 0.29) is 24.0 Å². The Morgan fingerprint density at radius 2 is 1.96 bits per heavy atom. The maximum absolute atomic E-state index is 4.45. The summed E-state index contributed by atoms with van der Waals surface area (Å²) >= 11 is 0. The molecule has 1 fully saturated rings. The molecule has 28 heavy (non-hydrogen) atoms. The number of nitrogens with one attached hydrogen (secondary N) is 3. The van der Waals surface area contributed by atoms with Gasteiger partial charge >= 0.3 is 0 Å². The van der Waals surface area contributed by atoms with Gasteiger partial charge in [0.2, 0.25) is 0 Å². The van der Waals surface area contributed by atoms with Crippen LogP contribution in [0.2, 0.25) is 0 Å². The van der Waals surface area contributed by atoms with E-state index < -0.39 is 0 Å². The molecule has 0 aliphatic carbocycles. The number of hydrogen-bond donors (Lipinski definition) is 3. The number of aliphatic imine (C=N–C) groups is 1. The molecule has 0 bridgehead atoms. The van der Waals surface area contributed by atoms with Gasteiger partial charge in [0.15, 0.2) is 11.8 Å². The van der Waals surface area contributed by atoms with Crippen molar-refractivity contribution in [3.05, 3.63) is 48.3 Å². The van der Waals surface area contributed by atoms with Crippen molar-refractivity contribution in [1.82, 2.24) is 40.6 Å². The van der Waals surface area contributed by atoms with Crippen LogP contribution in [0.15, 0.2) is 41.9 Å². The Balaban J connectivity index is 0.00000225. The molecule has 0 saturated carbocycles. The number of H-pyrrole nitrogens is 2. The minimum absolute atomic E-state index is 0. The molecule has 1 aliphatic heterocycles. The Hall–Kier alpha value is -2.50. The van der Waals surface area contributed by atoms with Crippen LogP contribution in [0.1, 0.15) is 30.1 Å². The summed E-state index contributed by atoms with van der Waals surface area (Å²) < 4.78 is 0. The zero-order valence-electron chi connectivity index (χ0n) is 15.7. The van der Waals surface area contributed by atoms with E-state index in [0.717, 1.165) is 49.1 Å². The lowest BCUT2D eigenvalue weighted by atomic mass is 9.96. The fourth-order valence-electron chi connectivity index (χ4n) is 3.46. The Kier molecular flexibility index (Phi) is 6.95. The summed E-state index contributed by atoms with van der Waals surface area (Å²) in [6.07, 6.45) is 5.17. The van der Waals surface area contributed by atoms with Crippen LogP contribution in [0.25, 0.3) is 11.4 Å². The first-order chi connectivity index (χ1) is 13.3. The molecule has 0 radical (unpaired) electrons. The molecule has 10 heteroatoms. The highest BCUT2D eigenvalue weighted by molar-refractivity contribution is 14.0. The first-order valence-electron chi connectivity index (χ1n) is 9.09. The van der Waals surface area contributed by atoms with Crippen molar-refractivity contribution in [3.63, 3.8) is 0 Å². The van der Waals surface area contributed by atoms with Crippen LogP contribution >= 0.6 is 24.0 Å². The van der Waals surface area contributed by atoms with Crippen LogP contribution < -0.4 is 5.32 Å². The highest BCUT2D eigenvalue weighted by Gasteiger charge is 2.24. The molecule has 0 atom stereocenters. The van der Waals surface area contributed by atoms with Crippen molar-refractivity contribution in [2.45, 2.75) is 25.3 Å². The van der Waals surface area contributed by atoms with E-state index >= 15 is 0 Å². The van der Waals surface area contributed by atoms with Gasteiger partial charge in [-0.15, -0.1) is 24.0 Å². The SMILES string of the molecule is CN=C(NCc1cccc(-c2ncn[nH]2)c1)N1CCC(c2ncn[nH]2)CC1.I. The second kappa shape index (κ2) is 9.62. The summed E-state index contributed by atoms with van der Waals surface area (Å²) in [4.78, 5) is 15.3. The van der Waals surface area contributed by atoms with Gasteiger partial charge in [0.25, 0.3) is 0 Å². The lowest BCUT2D eigenvalue weighted by Crippen LogP contribution is -2.45. The van der Waals surface area contributed by atoms with E-state index in [1.807, 2.05) is 19.2 Å². The number of piperidine rings is 1. The van der Waals surface area contributed by atoms with Gasteiger partial charge in [-0.1, -0.05) is 18.2 Å². The van der Waals surface area contributed by atoms with E-state index in [4.69, 9.17) is 0 Å². The average Bonchev–Trinajstić information content (AvgIpc) is 3.43. The highest BCUT2D eigenvalue weighted by Crippen LogP contribution is 2.25. The van der Waals surface area contributed by atoms with Crippen molar-refractivity contribution in [1.29, 1.82) is 0 Å². The largest absolute Gasteiger partial charge is 0.352 e. The fraction of sp³-hybridized carbons (Fsp3) is 0.389. The van der Waals surface area contributed by atoms with E-state index in [1.54, 1.807) is 6.33 Å². The number of aromatic nitrogens is 6. The van der Waals surface area contributed by atoms with Gasteiger partial charge in [0.1, 0.15) is 18.5 Å². The van der Waals surface area contributed by atoms with E-state index in [2.05, 4.69) is 57.7 Å². The van der Waals surface area contributed by atoms with Gasteiger partial charge in [-0.3, -0.25) is 15.2 Å². The molecule has 3 N–H and O–H groups in total. The lowest BCUT2D eigenvalue weighted by molar-refractivity contribution is 0.299. The van der Waals surface area contributed by atoms with E-state index in [1.165, 1.54) is 11.9 Å². The quantitative estimate of drug-likeness (QED) is 0.292. The molecular weight excluding hydrogens is 469 g/mol. The van der Waals surface area contributed by atoms with Gasteiger partial charge in [-0.05, 0) is 24.5 Å². The van der Waals surface area contributed by atoms with Crippen molar-refractivity contribution in [2.24, 2.45) is 4.99 Å². The van der Waals surface area contributed by atoms with Crippen LogP contribution in [0, 0.1) is 0 Å². The van der Waals surface area contributed by atoms with Crippen molar-refractivity contribution < 1.29 is 0 Å². The molecule has 0 amide bonds. The Labute approximate surface area is 180 Å². The molecule has 3 aromatic rings. The summed E-state index contributed by atoms with van der Waals surface area (Å²) in [5, 5.41) is 17.2. The zero-order valence-corrected chi connectivity index (χ0v) is 18.0. The smallest absolute Gasteiger partial charge is 0.193 e. The molecule has 9 nitrogen and oxygen atoms in total. The molecule has 1 aromatic carbocycles. The third-order valence-electron chi connectivity index (χ3n) is 4.89. The number of rotatable bonds is 4.